The Kier molecular flexibility index (Phi) is 6.93. The van der Waals surface area contributed by atoms with Crippen molar-refractivity contribution in [3.63, 3.8) is 0 Å². The van der Waals surface area contributed by atoms with E-state index in [4.69, 9.17) is 9.47 Å². The zero-order valence-electron chi connectivity index (χ0n) is 16.3. The van der Waals surface area contributed by atoms with E-state index in [0.29, 0.717) is 11.1 Å². The van der Waals surface area contributed by atoms with E-state index < -0.39 is 29.2 Å². The second-order valence-corrected chi connectivity index (χ2v) is 7.02. The van der Waals surface area contributed by atoms with Crippen LogP contribution in [0.25, 0.3) is 11.1 Å². The number of anilines is 1. The van der Waals surface area contributed by atoms with Crippen molar-refractivity contribution in [3.8, 4) is 16.9 Å². The first kappa shape index (κ1) is 21.9. The van der Waals surface area contributed by atoms with Crippen molar-refractivity contribution in [3.05, 3.63) is 75.4 Å². The van der Waals surface area contributed by atoms with Gasteiger partial charge in [-0.15, -0.1) is 11.3 Å². The van der Waals surface area contributed by atoms with Crippen LogP contribution in [0.1, 0.15) is 17.3 Å². The smallest absolute Gasteiger partial charge is 0.341 e. The lowest BCUT2D eigenvalue weighted by Gasteiger charge is -2.10. The highest BCUT2D eigenvalue weighted by molar-refractivity contribution is 7.15. The summed E-state index contributed by atoms with van der Waals surface area (Å²) in [6.45, 7) is 1.28. The number of nitro groups is 1. The van der Waals surface area contributed by atoms with Crippen LogP contribution >= 0.6 is 11.3 Å². The molecule has 8 nitrogen and oxygen atoms in total. The average Bonchev–Trinajstić information content (AvgIpc) is 3.16. The molecule has 1 amide bonds. The van der Waals surface area contributed by atoms with Crippen LogP contribution in [0.4, 0.5) is 15.1 Å². The second-order valence-electron chi connectivity index (χ2n) is 6.14. The lowest BCUT2D eigenvalue weighted by Crippen LogP contribution is -2.21. The van der Waals surface area contributed by atoms with Gasteiger partial charge in [0.1, 0.15) is 16.4 Å². The van der Waals surface area contributed by atoms with Crippen LogP contribution in [-0.2, 0) is 9.53 Å². The van der Waals surface area contributed by atoms with Gasteiger partial charge in [0, 0.05) is 17.0 Å². The number of carbonyl (C=O) groups is 2. The molecule has 2 aromatic carbocycles. The molecule has 0 saturated carbocycles. The highest BCUT2D eigenvalue weighted by Gasteiger charge is 2.23. The van der Waals surface area contributed by atoms with Crippen molar-refractivity contribution in [2.45, 2.75) is 6.92 Å². The summed E-state index contributed by atoms with van der Waals surface area (Å²) in [6, 6.07) is 11.2. The number of carbonyl (C=O) groups excluding carboxylic acids is 2. The number of nitrogens with zero attached hydrogens (tertiary/aromatic N) is 1. The van der Waals surface area contributed by atoms with Gasteiger partial charge in [-0.2, -0.15) is 0 Å². The van der Waals surface area contributed by atoms with Crippen molar-refractivity contribution in [1.82, 2.24) is 0 Å². The molecule has 0 bridgehead atoms. The maximum absolute atomic E-state index is 13.3. The zero-order valence-corrected chi connectivity index (χ0v) is 17.1. The summed E-state index contributed by atoms with van der Waals surface area (Å²) in [5.74, 6) is -1.72. The lowest BCUT2D eigenvalue weighted by atomic mass is 10.0. The molecule has 1 heterocycles. The minimum absolute atomic E-state index is 0.0496. The number of nitro benzene ring substituents is 1. The number of esters is 1. The molecule has 31 heavy (non-hydrogen) atoms. The number of ether oxygens (including phenoxy) is 2. The largest absolute Gasteiger partial charge is 0.477 e. The number of hydrogen-bond acceptors (Lipinski definition) is 7. The molecule has 0 radical (unpaired) electrons. The van der Waals surface area contributed by atoms with Crippen LogP contribution < -0.4 is 10.1 Å². The van der Waals surface area contributed by atoms with Gasteiger partial charge in [0.15, 0.2) is 12.4 Å². The van der Waals surface area contributed by atoms with Gasteiger partial charge in [-0.3, -0.25) is 14.9 Å². The van der Waals surface area contributed by atoms with E-state index in [0.717, 1.165) is 11.3 Å². The third-order valence-electron chi connectivity index (χ3n) is 4.10. The van der Waals surface area contributed by atoms with E-state index >= 15 is 0 Å². The topological polar surface area (TPSA) is 108 Å². The van der Waals surface area contributed by atoms with Crippen molar-refractivity contribution in [1.29, 1.82) is 0 Å². The Balaban J connectivity index is 1.81. The number of amides is 1. The molecule has 0 aliphatic carbocycles. The highest BCUT2D eigenvalue weighted by Crippen LogP contribution is 2.36. The summed E-state index contributed by atoms with van der Waals surface area (Å²) in [5.41, 5.74) is 0.936. The molecule has 3 aromatic rings. The van der Waals surface area contributed by atoms with E-state index in [1.165, 1.54) is 42.5 Å². The molecule has 0 spiro atoms. The van der Waals surface area contributed by atoms with Gasteiger partial charge >= 0.3 is 11.7 Å². The molecule has 0 unspecified atom stereocenters. The molecule has 10 heteroatoms. The quantitative estimate of drug-likeness (QED) is 0.308. The monoisotopic (exact) mass is 444 g/mol. The molecule has 3 rings (SSSR count). The molecule has 160 valence electrons. The first-order chi connectivity index (χ1) is 14.9. The fourth-order valence-electron chi connectivity index (χ4n) is 2.73. The number of para-hydroxylation sites is 2. The van der Waals surface area contributed by atoms with E-state index in [1.54, 1.807) is 18.4 Å². The minimum atomic E-state index is -0.641. The molecule has 0 aliphatic rings. The maximum Gasteiger partial charge on any atom is 0.341 e. The predicted molar refractivity (Wildman–Crippen MR) is 113 cm³/mol. The Hall–Kier alpha value is -3.79. The van der Waals surface area contributed by atoms with Gasteiger partial charge in [0.25, 0.3) is 5.91 Å². The summed E-state index contributed by atoms with van der Waals surface area (Å²) in [4.78, 5) is 35.3. The van der Waals surface area contributed by atoms with Crippen LogP contribution in [0.5, 0.6) is 5.75 Å². The summed E-state index contributed by atoms with van der Waals surface area (Å²) < 4.78 is 23.6. The van der Waals surface area contributed by atoms with Crippen molar-refractivity contribution in [2.24, 2.45) is 0 Å². The van der Waals surface area contributed by atoms with Crippen LogP contribution in [-0.4, -0.2) is 30.0 Å². The number of benzene rings is 2. The van der Waals surface area contributed by atoms with Gasteiger partial charge < -0.3 is 14.8 Å². The average molecular weight is 444 g/mol. The third-order valence-corrected chi connectivity index (χ3v) is 4.99. The molecule has 1 N–H and O–H groups in total. The molecule has 0 aliphatic heterocycles. The Morgan fingerprint density at radius 3 is 2.55 bits per heavy atom. The SMILES string of the molecule is CCOC(=O)c1c(-c2ccc(F)cc2)csc1NC(=O)COc1ccccc1[N+](=O)[O-]. The minimum Gasteiger partial charge on any atom is -0.477 e. The van der Waals surface area contributed by atoms with Gasteiger partial charge in [-0.05, 0) is 30.7 Å². The number of rotatable bonds is 8. The molecular formula is C21H17FN2O6S. The molecule has 0 fully saturated rings. The van der Waals surface area contributed by atoms with Crippen LogP contribution in [0.3, 0.4) is 0 Å². The predicted octanol–water partition coefficient (Wildman–Crippen LogP) is 4.66. The highest BCUT2D eigenvalue weighted by atomic mass is 32.1. The van der Waals surface area contributed by atoms with Crippen LogP contribution in [0, 0.1) is 15.9 Å². The number of thiophene rings is 1. The summed E-state index contributed by atoms with van der Waals surface area (Å²) >= 11 is 1.10. The van der Waals surface area contributed by atoms with Gasteiger partial charge in [-0.1, -0.05) is 24.3 Å². The Morgan fingerprint density at radius 1 is 1.16 bits per heavy atom. The first-order valence-electron chi connectivity index (χ1n) is 9.11. The third kappa shape index (κ3) is 5.23. The summed E-state index contributed by atoms with van der Waals surface area (Å²) in [5, 5.41) is 15.5. The first-order valence-corrected chi connectivity index (χ1v) is 9.99. The van der Waals surface area contributed by atoms with Crippen LogP contribution in [0.2, 0.25) is 0 Å². The molecule has 0 atom stereocenters. The molecule has 1 aromatic heterocycles. The van der Waals surface area contributed by atoms with E-state index in [1.807, 2.05) is 0 Å². The maximum atomic E-state index is 13.3. The van der Waals surface area contributed by atoms with Crippen molar-refractivity contribution < 1.29 is 28.4 Å². The standard InChI is InChI=1S/C21H17FN2O6S/c1-2-29-21(26)19-15(13-7-9-14(22)10-8-13)12-31-20(19)23-18(25)11-30-17-6-4-3-5-16(17)24(27)28/h3-10,12H,2,11H2,1H3,(H,23,25). The fourth-order valence-corrected chi connectivity index (χ4v) is 3.71. The Labute approximate surface area is 180 Å². The lowest BCUT2D eigenvalue weighted by molar-refractivity contribution is -0.385. The molecular weight excluding hydrogens is 427 g/mol. The van der Waals surface area contributed by atoms with Gasteiger partial charge in [0.2, 0.25) is 0 Å². The second kappa shape index (κ2) is 9.81. The van der Waals surface area contributed by atoms with Crippen molar-refractivity contribution >= 4 is 33.9 Å². The number of halogens is 1. The summed E-state index contributed by atoms with van der Waals surface area (Å²) in [6.07, 6.45) is 0. The van der Waals surface area contributed by atoms with E-state index in [-0.39, 0.29) is 28.6 Å². The zero-order chi connectivity index (χ0) is 22.4. The summed E-state index contributed by atoms with van der Waals surface area (Å²) in [7, 11) is 0. The number of hydrogen-bond donors (Lipinski definition) is 1. The van der Waals surface area contributed by atoms with Crippen molar-refractivity contribution in [2.75, 3.05) is 18.5 Å². The van der Waals surface area contributed by atoms with Gasteiger partial charge in [-0.25, -0.2) is 9.18 Å². The Morgan fingerprint density at radius 2 is 1.87 bits per heavy atom. The van der Waals surface area contributed by atoms with Crippen LogP contribution in [0.15, 0.2) is 53.9 Å². The van der Waals surface area contributed by atoms with Gasteiger partial charge in [0.05, 0.1) is 11.5 Å². The van der Waals surface area contributed by atoms with E-state index in [2.05, 4.69) is 5.32 Å². The van der Waals surface area contributed by atoms with E-state index in [9.17, 15) is 24.1 Å². The Bertz CT molecular complexity index is 1110. The number of nitrogens with one attached hydrogen (secondary N) is 1. The fraction of sp³-hybridized carbons (Fsp3) is 0.143. The normalized spacial score (nSPS) is 10.4. The molecule has 0 saturated heterocycles.